The van der Waals surface area contributed by atoms with Crippen LogP contribution in [0.15, 0.2) is 40.3 Å². The number of amidine groups is 1. The Bertz CT molecular complexity index is 679. The summed E-state index contributed by atoms with van der Waals surface area (Å²) in [6, 6.07) is 9.05. The van der Waals surface area contributed by atoms with E-state index >= 15 is 0 Å². The van der Waals surface area contributed by atoms with Gasteiger partial charge in [0.25, 0.3) is 5.56 Å². The van der Waals surface area contributed by atoms with E-state index in [2.05, 4.69) is 16.9 Å². The van der Waals surface area contributed by atoms with E-state index in [0.717, 1.165) is 24.1 Å². The normalized spacial score (nSPS) is 10.5. The lowest BCUT2D eigenvalue weighted by Crippen LogP contribution is -2.10. The maximum Gasteiger partial charge on any atom is 0.251 e. The number of benzene rings is 1. The van der Waals surface area contributed by atoms with E-state index in [-0.39, 0.29) is 11.4 Å². The highest BCUT2D eigenvalue weighted by molar-refractivity contribution is 7.98. The van der Waals surface area contributed by atoms with Gasteiger partial charge in [0, 0.05) is 23.1 Å². The van der Waals surface area contributed by atoms with E-state index in [4.69, 9.17) is 11.1 Å². The molecular formula is C15H18N4OS. The van der Waals surface area contributed by atoms with Crippen LogP contribution >= 0.6 is 11.8 Å². The number of hydrogen-bond acceptors (Lipinski definition) is 4. The number of rotatable bonds is 6. The molecule has 0 saturated carbocycles. The van der Waals surface area contributed by atoms with E-state index in [1.807, 2.05) is 24.3 Å². The number of aryl methyl sites for hydroxylation is 1. The quantitative estimate of drug-likeness (QED) is 0.330. The molecule has 4 N–H and O–H groups in total. The summed E-state index contributed by atoms with van der Waals surface area (Å²) in [7, 11) is 0. The molecule has 0 unspecified atom stereocenters. The molecule has 0 atom stereocenters. The SMILES string of the molecule is CCCc1cc(=O)[nH]c(SCc2ccc(C(=N)N)cc2)n1. The van der Waals surface area contributed by atoms with Gasteiger partial charge in [-0.1, -0.05) is 49.4 Å². The summed E-state index contributed by atoms with van der Waals surface area (Å²) in [5.41, 5.74) is 7.94. The zero-order valence-corrected chi connectivity index (χ0v) is 12.7. The monoisotopic (exact) mass is 302 g/mol. The molecule has 1 aromatic carbocycles. The van der Waals surface area contributed by atoms with Crippen molar-refractivity contribution in [1.29, 1.82) is 5.41 Å². The summed E-state index contributed by atoms with van der Waals surface area (Å²) < 4.78 is 0. The third kappa shape index (κ3) is 4.46. The van der Waals surface area contributed by atoms with Crippen molar-refractivity contribution in [3.05, 3.63) is 57.5 Å². The van der Waals surface area contributed by atoms with Crippen LogP contribution in [0.4, 0.5) is 0 Å². The fourth-order valence-corrected chi connectivity index (χ4v) is 2.72. The van der Waals surface area contributed by atoms with Crippen LogP contribution in [-0.2, 0) is 12.2 Å². The molecule has 2 rings (SSSR count). The molecule has 0 radical (unpaired) electrons. The Morgan fingerprint density at radius 3 is 2.71 bits per heavy atom. The molecule has 0 aliphatic rings. The Labute approximate surface area is 127 Å². The average molecular weight is 302 g/mol. The van der Waals surface area contributed by atoms with Crippen molar-refractivity contribution >= 4 is 17.6 Å². The number of nitrogens with one attached hydrogen (secondary N) is 2. The lowest BCUT2D eigenvalue weighted by Gasteiger charge is -2.04. The van der Waals surface area contributed by atoms with Gasteiger partial charge in [-0.3, -0.25) is 10.2 Å². The minimum absolute atomic E-state index is 0.0625. The second-order valence-electron chi connectivity index (χ2n) is 4.69. The molecule has 5 nitrogen and oxygen atoms in total. The smallest absolute Gasteiger partial charge is 0.251 e. The number of H-pyrrole nitrogens is 1. The molecule has 1 heterocycles. The molecular weight excluding hydrogens is 284 g/mol. The number of hydrogen-bond donors (Lipinski definition) is 3. The minimum atomic E-state index is -0.108. The molecule has 110 valence electrons. The first-order valence-electron chi connectivity index (χ1n) is 6.75. The van der Waals surface area contributed by atoms with Crippen LogP contribution in [0.3, 0.4) is 0 Å². The standard InChI is InChI=1S/C15H18N4OS/c1-2-3-12-8-13(20)19-15(18-12)21-9-10-4-6-11(7-5-10)14(16)17/h4-8H,2-3,9H2,1H3,(H3,16,17)(H,18,19,20). The van der Waals surface area contributed by atoms with Gasteiger partial charge in [-0.2, -0.15) is 0 Å². The van der Waals surface area contributed by atoms with E-state index in [1.165, 1.54) is 11.8 Å². The van der Waals surface area contributed by atoms with Gasteiger partial charge in [0.05, 0.1) is 0 Å². The Kier molecular flexibility index (Phi) is 5.16. The van der Waals surface area contributed by atoms with Crippen molar-refractivity contribution in [2.75, 3.05) is 0 Å². The average Bonchev–Trinajstić information content (AvgIpc) is 2.45. The highest BCUT2D eigenvalue weighted by Crippen LogP contribution is 2.19. The topological polar surface area (TPSA) is 95.6 Å². The fourth-order valence-electron chi connectivity index (χ4n) is 1.87. The third-order valence-corrected chi connectivity index (χ3v) is 3.86. The molecule has 21 heavy (non-hydrogen) atoms. The Balaban J connectivity index is 2.05. The van der Waals surface area contributed by atoms with Crippen molar-refractivity contribution < 1.29 is 0 Å². The van der Waals surface area contributed by atoms with Crippen molar-refractivity contribution in [2.24, 2.45) is 5.73 Å². The molecule has 0 spiro atoms. The van der Waals surface area contributed by atoms with Crippen LogP contribution < -0.4 is 11.3 Å². The van der Waals surface area contributed by atoms with Gasteiger partial charge in [-0.25, -0.2) is 4.98 Å². The van der Waals surface area contributed by atoms with Gasteiger partial charge < -0.3 is 10.7 Å². The van der Waals surface area contributed by atoms with E-state index in [0.29, 0.717) is 16.5 Å². The number of aromatic amines is 1. The zero-order chi connectivity index (χ0) is 15.2. The lowest BCUT2D eigenvalue weighted by molar-refractivity contribution is 0.816. The van der Waals surface area contributed by atoms with Crippen LogP contribution in [0.2, 0.25) is 0 Å². The van der Waals surface area contributed by atoms with Gasteiger partial charge in [-0.15, -0.1) is 0 Å². The summed E-state index contributed by atoms with van der Waals surface area (Å²) in [6.07, 6.45) is 1.78. The number of nitrogens with zero attached hydrogens (tertiary/aromatic N) is 1. The number of nitrogen functional groups attached to an aromatic ring is 1. The predicted molar refractivity (Wildman–Crippen MR) is 85.9 cm³/mol. The highest BCUT2D eigenvalue weighted by Gasteiger charge is 2.03. The number of thioether (sulfide) groups is 1. The van der Waals surface area contributed by atoms with E-state index in [9.17, 15) is 4.79 Å². The van der Waals surface area contributed by atoms with Gasteiger partial charge in [0.1, 0.15) is 5.84 Å². The molecule has 6 heteroatoms. The van der Waals surface area contributed by atoms with Gasteiger partial charge in [0.15, 0.2) is 5.16 Å². The molecule has 0 saturated heterocycles. The van der Waals surface area contributed by atoms with Gasteiger partial charge >= 0.3 is 0 Å². The maximum absolute atomic E-state index is 11.6. The van der Waals surface area contributed by atoms with Crippen LogP contribution in [0.25, 0.3) is 0 Å². The number of aromatic nitrogens is 2. The summed E-state index contributed by atoms with van der Waals surface area (Å²) in [5.74, 6) is 0.768. The molecule has 2 aromatic rings. The van der Waals surface area contributed by atoms with Crippen molar-refractivity contribution in [3.63, 3.8) is 0 Å². The zero-order valence-electron chi connectivity index (χ0n) is 11.8. The molecule has 0 amide bonds. The highest BCUT2D eigenvalue weighted by atomic mass is 32.2. The summed E-state index contributed by atoms with van der Waals surface area (Å²) in [4.78, 5) is 18.8. The van der Waals surface area contributed by atoms with Gasteiger partial charge in [0.2, 0.25) is 0 Å². The maximum atomic E-state index is 11.6. The Morgan fingerprint density at radius 2 is 2.10 bits per heavy atom. The third-order valence-electron chi connectivity index (χ3n) is 2.92. The molecule has 0 aliphatic carbocycles. The first-order chi connectivity index (χ1) is 10.1. The van der Waals surface area contributed by atoms with Crippen molar-refractivity contribution in [1.82, 2.24) is 9.97 Å². The second kappa shape index (κ2) is 7.08. The molecule has 0 bridgehead atoms. The molecule has 0 aliphatic heterocycles. The van der Waals surface area contributed by atoms with Gasteiger partial charge in [-0.05, 0) is 12.0 Å². The number of nitrogens with two attached hydrogens (primary N) is 1. The first kappa shape index (κ1) is 15.3. The first-order valence-corrected chi connectivity index (χ1v) is 7.73. The van der Waals surface area contributed by atoms with Crippen LogP contribution in [0.5, 0.6) is 0 Å². The van der Waals surface area contributed by atoms with Crippen molar-refractivity contribution in [3.8, 4) is 0 Å². The fraction of sp³-hybridized carbons (Fsp3) is 0.267. The Hall–Kier alpha value is -2.08. The lowest BCUT2D eigenvalue weighted by atomic mass is 10.1. The van der Waals surface area contributed by atoms with Crippen molar-refractivity contribution in [2.45, 2.75) is 30.7 Å². The van der Waals surface area contributed by atoms with Crippen LogP contribution in [0.1, 0.15) is 30.2 Å². The second-order valence-corrected chi connectivity index (χ2v) is 5.66. The summed E-state index contributed by atoms with van der Waals surface area (Å²) in [5, 5.41) is 7.99. The predicted octanol–water partition coefficient (Wildman–Crippen LogP) is 2.30. The summed E-state index contributed by atoms with van der Waals surface area (Å²) in [6.45, 7) is 2.06. The summed E-state index contributed by atoms with van der Waals surface area (Å²) >= 11 is 1.49. The van der Waals surface area contributed by atoms with Crippen LogP contribution in [-0.4, -0.2) is 15.8 Å². The Morgan fingerprint density at radius 1 is 1.38 bits per heavy atom. The van der Waals surface area contributed by atoms with Crippen LogP contribution in [0, 0.1) is 5.41 Å². The minimum Gasteiger partial charge on any atom is -0.384 e. The largest absolute Gasteiger partial charge is 0.384 e. The van der Waals surface area contributed by atoms with E-state index in [1.54, 1.807) is 6.07 Å². The van der Waals surface area contributed by atoms with E-state index < -0.39 is 0 Å². The molecule has 1 aromatic heterocycles. The molecule has 0 fully saturated rings.